The molecule has 0 bridgehead atoms. The predicted molar refractivity (Wildman–Crippen MR) is 60.1 cm³/mol. The van der Waals surface area contributed by atoms with Crippen LogP contribution in [0, 0.1) is 12.7 Å². The van der Waals surface area contributed by atoms with Gasteiger partial charge in [-0.05, 0) is 26.0 Å². The topological polar surface area (TPSA) is 55.4 Å². The van der Waals surface area contributed by atoms with Crippen LogP contribution in [0.2, 0.25) is 0 Å². The fourth-order valence-corrected chi connectivity index (χ4v) is 1.27. The van der Waals surface area contributed by atoms with Crippen molar-refractivity contribution in [2.45, 2.75) is 13.8 Å². The lowest BCUT2D eigenvalue weighted by molar-refractivity contribution is -0.141. The molecule has 0 saturated heterocycles. The molecule has 1 aromatic carbocycles. The van der Waals surface area contributed by atoms with Gasteiger partial charge in [0.2, 0.25) is 0 Å². The number of esters is 1. The van der Waals surface area contributed by atoms with Crippen molar-refractivity contribution in [1.29, 1.82) is 0 Å². The van der Waals surface area contributed by atoms with Gasteiger partial charge in [0.05, 0.1) is 12.2 Å². The number of carbonyl (C=O) groups excluding carboxylic acids is 2. The van der Waals surface area contributed by atoms with Gasteiger partial charge >= 0.3 is 5.97 Å². The number of nitrogens with one attached hydrogen (secondary N) is 1. The monoisotopic (exact) mass is 239 g/mol. The maximum absolute atomic E-state index is 13.3. The number of rotatable bonds is 4. The largest absolute Gasteiger partial charge is 0.465 e. The van der Waals surface area contributed by atoms with Crippen molar-refractivity contribution in [2.24, 2.45) is 0 Å². The van der Waals surface area contributed by atoms with E-state index in [1.165, 1.54) is 12.1 Å². The van der Waals surface area contributed by atoms with E-state index in [1.54, 1.807) is 19.9 Å². The average molecular weight is 239 g/mol. The highest BCUT2D eigenvalue weighted by atomic mass is 19.1. The molecule has 0 aliphatic rings. The molecule has 1 N–H and O–H groups in total. The first kappa shape index (κ1) is 13.2. The van der Waals surface area contributed by atoms with E-state index in [-0.39, 0.29) is 18.7 Å². The van der Waals surface area contributed by atoms with Crippen molar-refractivity contribution in [3.63, 3.8) is 0 Å². The van der Waals surface area contributed by atoms with Gasteiger partial charge in [-0.25, -0.2) is 4.39 Å². The molecule has 0 aliphatic heterocycles. The fourth-order valence-electron chi connectivity index (χ4n) is 1.27. The molecule has 5 heteroatoms. The quantitative estimate of drug-likeness (QED) is 0.808. The van der Waals surface area contributed by atoms with Crippen LogP contribution in [0.4, 0.5) is 4.39 Å². The molecule has 0 aliphatic carbocycles. The van der Waals surface area contributed by atoms with Gasteiger partial charge in [-0.3, -0.25) is 9.59 Å². The number of ether oxygens (including phenoxy) is 1. The van der Waals surface area contributed by atoms with Crippen LogP contribution in [0.15, 0.2) is 18.2 Å². The maximum Gasteiger partial charge on any atom is 0.325 e. The van der Waals surface area contributed by atoms with Crippen LogP contribution in [0.25, 0.3) is 0 Å². The molecule has 1 aromatic rings. The first-order valence-corrected chi connectivity index (χ1v) is 5.24. The molecule has 4 nitrogen and oxygen atoms in total. The summed E-state index contributed by atoms with van der Waals surface area (Å²) in [7, 11) is 0. The lowest BCUT2D eigenvalue weighted by atomic mass is 10.1. The molecular formula is C12H14FNO3. The van der Waals surface area contributed by atoms with Crippen molar-refractivity contribution in [3.8, 4) is 0 Å². The summed E-state index contributed by atoms with van der Waals surface area (Å²) in [6, 6.07) is 4.21. The molecule has 0 aromatic heterocycles. The van der Waals surface area contributed by atoms with Gasteiger partial charge < -0.3 is 10.1 Å². The average Bonchev–Trinajstić information content (AvgIpc) is 2.29. The summed E-state index contributed by atoms with van der Waals surface area (Å²) in [6.07, 6.45) is 0. The Morgan fingerprint density at radius 3 is 2.76 bits per heavy atom. The Morgan fingerprint density at radius 1 is 1.41 bits per heavy atom. The zero-order chi connectivity index (χ0) is 12.8. The molecule has 1 rings (SSSR count). The van der Waals surface area contributed by atoms with E-state index in [0.717, 1.165) is 5.56 Å². The smallest absolute Gasteiger partial charge is 0.325 e. The summed E-state index contributed by atoms with van der Waals surface area (Å²) < 4.78 is 18.0. The van der Waals surface area contributed by atoms with E-state index < -0.39 is 17.7 Å². The normalized spacial score (nSPS) is 9.82. The van der Waals surface area contributed by atoms with E-state index in [4.69, 9.17) is 0 Å². The van der Waals surface area contributed by atoms with Crippen LogP contribution >= 0.6 is 0 Å². The number of hydrogen-bond donors (Lipinski definition) is 1. The third kappa shape index (κ3) is 3.86. The highest BCUT2D eigenvalue weighted by Crippen LogP contribution is 2.09. The van der Waals surface area contributed by atoms with Crippen LogP contribution in [-0.2, 0) is 9.53 Å². The number of aryl methyl sites for hydroxylation is 1. The lowest BCUT2D eigenvalue weighted by Crippen LogP contribution is -2.31. The molecule has 1 amide bonds. The summed E-state index contributed by atoms with van der Waals surface area (Å²) in [5.74, 6) is -1.79. The second-order valence-electron chi connectivity index (χ2n) is 3.47. The molecule has 0 saturated carbocycles. The van der Waals surface area contributed by atoms with E-state index in [9.17, 15) is 14.0 Å². The highest BCUT2D eigenvalue weighted by Gasteiger charge is 2.12. The summed E-state index contributed by atoms with van der Waals surface area (Å²) in [4.78, 5) is 22.6. The summed E-state index contributed by atoms with van der Waals surface area (Å²) in [5.41, 5.74) is 0.696. The van der Waals surface area contributed by atoms with Gasteiger partial charge in [0.1, 0.15) is 12.4 Å². The Bertz CT molecular complexity index is 432. The number of halogens is 1. The third-order valence-corrected chi connectivity index (χ3v) is 2.07. The Labute approximate surface area is 98.8 Å². The maximum atomic E-state index is 13.3. The van der Waals surface area contributed by atoms with Crippen molar-refractivity contribution in [1.82, 2.24) is 5.32 Å². The Morgan fingerprint density at radius 2 is 2.12 bits per heavy atom. The molecule has 0 radical (unpaired) electrons. The zero-order valence-electron chi connectivity index (χ0n) is 9.75. The van der Waals surface area contributed by atoms with Gasteiger partial charge in [-0.15, -0.1) is 0 Å². The van der Waals surface area contributed by atoms with E-state index in [0.29, 0.717) is 0 Å². The molecule has 17 heavy (non-hydrogen) atoms. The minimum Gasteiger partial charge on any atom is -0.465 e. The van der Waals surface area contributed by atoms with Crippen LogP contribution in [-0.4, -0.2) is 25.0 Å². The summed E-state index contributed by atoms with van der Waals surface area (Å²) in [5, 5.41) is 2.30. The number of hydrogen-bond acceptors (Lipinski definition) is 3. The lowest BCUT2D eigenvalue weighted by Gasteiger charge is -2.06. The first-order valence-electron chi connectivity index (χ1n) is 5.24. The second-order valence-corrected chi connectivity index (χ2v) is 3.47. The molecule has 0 spiro atoms. The predicted octanol–water partition coefficient (Wildman–Crippen LogP) is 1.43. The first-order chi connectivity index (χ1) is 8.04. The number of amides is 1. The van der Waals surface area contributed by atoms with Gasteiger partial charge in [0.15, 0.2) is 0 Å². The third-order valence-electron chi connectivity index (χ3n) is 2.07. The van der Waals surface area contributed by atoms with Crippen molar-refractivity contribution < 1.29 is 18.7 Å². The summed E-state index contributed by atoms with van der Waals surface area (Å²) >= 11 is 0. The van der Waals surface area contributed by atoms with Crippen LogP contribution in [0.1, 0.15) is 22.8 Å². The van der Waals surface area contributed by atoms with Gasteiger partial charge in [0.25, 0.3) is 5.91 Å². The standard InChI is InChI=1S/C12H14FNO3/c1-3-17-11(15)7-14-12(16)9-6-8(2)4-5-10(9)13/h4-6H,3,7H2,1-2H3,(H,14,16). The molecule has 92 valence electrons. The van der Waals surface area contributed by atoms with E-state index in [2.05, 4.69) is 10.1 Å². The molecule has 0 unspecified atom stereocenters. The van der Waals surface area contributed by atoms with Gasteiger partial charge in [-0.2, -0.15) is 0 Å². The van der Waals surface area contributed by atoms with Gasteiger partial charge in [-0.1, -0.05) is 11.6 Å². The van der Waals surface area contributed by atoms with E-state index in [1.807, 2.05) is 0 Å². The summed E-state index contributed by atoms with van der Waals surface area (Å²) in [6.45, 7) is 3.40. The second kappa shape index (κ2) is 5.98. The number of benzene rings is 1. The zero-order valence-corrected chi connectivity index (χ0v) is 9.75. The van der Waals surface area contributed by atoms with Crippen LogP contribution < -0.4 is 5.32 Å². The Balaban J connectivity index is 2.64. The molecule has 0 heterocycles. The minimum absolute atomic E-state index is 0.0747. The van der Waals surface area contributed by atoms with Crippen molar-refractivity contribution in [3.05, 3.63) is 35.1 Å². The van der Waals surface area contributed by atoms with Crippen LogP contribution in [0.5, 0.6) is 0 Å². The van der Waals surface area contributed by atoms with Crippen LogP contribution in [0.3, 0.4) is 0 Å². The number of carbonyl (C=O) groups is 2. The van der Waals surface area contributed by atoms with Gasteiger partial charge in [0, 0.05) is 0 Å². The Kier molecular flexibility index (Phi) is 4.63. The highest BCUT2D eigenvalue weighted by molar-refractivity contribution is 5.96. The molecule has 0 fully saturated rings. The fraction of sp³-hybridized carbons (Fsp3) is 0.333. The molecular weight excluding hydrogens is 225 g/mol. The SMILES string of the molecule is CCOC(=O)CNC(=O)c1cc(C)ccc1F. The molecule has 0 atom stereocenters. The Hall–Kier alpha value is -1.91. The van der Waals surface area contributed by atoms with E-state index >= 15 is 0 Å². The van der Waals surface area contributed by atoms with Crippen molar-refractivity contribution >= 4 is 11.9 Å². The van der Waals surface area contributed by atoms with Crippen molar-refractivity contribution in [2.75, 3.05) is 13.2 Å². The minimum atomic E-state index is -0.626.